The summed E-state index contributed by atoms with van der Waals surface area (Å²) in [6.07, 6.45) is 6.14. The zero-order valence-electron chi connectivity index (χ0n) is 12.7. The van der Waals surface area contributed by atoms with Gasteiger partial charge >= 0.3 is 12.1 Å². The van der Waals surface area contributed by atoms with Gasteiger partial charge in [-0.2, -0.15) is 0 Å². The van der Waals surface area contributed by atoms with Gasteiger partial charge in [-0.25, -0.2) is 4.79 Å². The summed E-state index contributed by atoms with van der Waals surface area (Å²) in [6.45, 7) is 2.13. The second-order valence-corrected chi connectivity index (χ2v) is 5.89. The first-order chi connectivity index (χ1) is 9.60. The number of esters is 1. The van der Waals surface area contributed by atoms with E-state index in [0.29, 0.717) is 0 Å². The van der Waals surface area contributed by atoms with Crippen LogP contribution in [0.5, 0.6) is 0 Å². The van der Waals surface area contributed by atoms with Gasteiger partial charge in [-0.05, 0) is 32.1 Å². The smallest absolute Gasteiger partial charge is 0.410 e. The lowest BCUT2D eigenvalue weighted by molar-refractivity contribution is -0.153. The van der Waals surface area contributed by atoms with Crippen molar-refractivity contribution < 1.29 is 19.1 Å². The Balaban J connectivity index is 2.35. The number of hydrogen-bond acceptors (Lipinski definition) is 4. The fourth-order valence-electron chi connectivity index (χ4n) is 4.08. The van der Waals surface area contributed by atoms with Crippen molar-refractivity contribution in [1.29, 1.82) is 0 Å². The molecule has 2 rings (SSSR count). The Morgan fingerprint density at radius 1 is 1.20 bits per heavy atom. The average Bonchev–Trinajstić information content (AvgIpc) is 2.73. The van der Waals surface area contributed by atoms with E-state index in [1.165, 1.54) is 14.2 Å². The van der Waals surface area contributed by atoms with E-state index in [0.717, 1.165) is 44.9 Å². The van der Waals surface area contributed by atoms with Crippen LogP contribution in [0.4, 0.5) is 4.79 Å². The van der Waals surface area contributed by atoms with Crippen LogP contribution >= 0.6 is 0 Å². The number of nitrogens with zero attached hydrogens (tertiary/aromatic N) is 1. The van der Waals surface area contributed by atoms with Gasteiger partial charge in [-0.1, -0.05) is 19.8 Å². The Hall–Kier alpha value is -1.26. The highest BCUT2D eigenvalue weighted by molar-refractivity contribution is 5.77. The highest BCUT2D eigenvalue weighted by atomic mass is 16.5. The Morgan fingerprint density at radius 3 is 2.55 bits per heavy atom. The summed E-state index contributed by atoms with van der Waals surface area (Å²) in [5.41, 5.74) is -0.390. The lowest BCUT2D eigenvalue weighted by Gasteiger charge is -2.48. The number of carbonyl (C=O) groups excluding carboxylic acids is 2. The maximum absolute atomic E-state index is 12.2. The third kappa shape index (κ3) is 2.27. The number of hydrogen-bond donors (Lipinski definition) is 0. The van der Waals surface area contributed by atoms with Crippen molar-refractivity contribution >= 4 is 12.1 Å². The van der Waals surface area contributed by atoms with Crippen LogP contribution in [-0.2, 0) is 14.3 Å². The predicted molar refractivity (Wildman–Crippen MR) is 74.3 cm³/mol. The van der Waals surface area contributed by atoms with Gasteiger partial charge in [-0.15, -0.1) is 0 Å². The molecule has 0 spiro atoms. The number of ether oxygens (including phenoxy) is 2. The van der Waals surface area contributed by atoms with Gasteiger partial charge in [0.2, 0.25) is 0 Å². The van der Waals surface area contributed by atoms with E-state index in [9.17, 15) is 9.59 Å². The SMILES string of the molecule is CCCCC12CCC(CCC1C(=O)OC)N2C(=O)OC. The van der Waals surface area contributed by atoms with Crippen LogP contribution in [-0.4, -0.2) is 42.8 Å². The number of carbonyl (C=O) groups is 2. The summed E-state index contributed by atoms with van der Waals surface area (Å²) in [5.74, 6) is -0.396. The molecule has 0 aliphatic carbocycles. The van der Waals surface area contributed by atoms with Crippen molar-refractivity contribution in [3.8, 4) is 0 Å². The van der Waals surface area contributed by atoms with E-state index in [2.05, 4.69) is 6.92 Å². The second-order valence-electron chi connectivity index (χ2n) is 5.89. The van der Waals surface area contributed by atoms with E-state index in [4.69, 9.17) is 9.47 Å². The zero-order chi connectivity index (χ0) is 14.8. The molecule has 3 atom stereocenters. The third-order valence-corrected chi connectivity index (χ3v) is 5.01. The maximum Gasteiger partial charge on any atom is 0.410 e. The van der Waals surface area contributed by atoms with Gasteiger partial charge in [0.15, 0.2) is 0 Å². The van der Waals surface area contributed by atoms with Crippen LogP contribution in [0, 0.1) is 5.92 Å². The number of unbranched alkanes of at least 4 members (excludes halogenated alkanes) is 1. The molecule has 1 amide bonds. The molecule has 2 fully saturated rings. The normalized spacial score (nSPS) is 32.0. The standard InChI is InChI=1S/C15H25NO4/c1-4-5-9-15-10-8-11(16(15)14(18)20-3)6-7-12(15)13(17)19-2/h11-12H,4-10H2,1-3H3. The first-order valence-corrected chi connectivity index (χ1v) is 7.55. The topological polar surface area (TPSA) is 55.8 Å². The molecule has 2 saturated heterocycles. The number of amides is 1. The molecular formula is C15H25NO4. The Morgan fingerprint density at radius 2 is 1.95 bits per heavy atom. The van der Waals surface area contributed by atoms with Crippen LogP contribution in [0.15, 0.2) is 0 Å². The lowest BCUT2D eigenvalue weighted by Crippen LogP contribution is -2.60. The van der Waals surface area contributed by atoms with Crippen LogP contribution in [0.1, 0.15) is 51.9 Å². The van der Waals surface area contributed by atoms with Gasteiger partial charge < -0.3 is 9.47 Å². The van der Waals surface area contributed by atoms with E-state index in [1.54, 1.807) is 0 Å². The highest BCUT2D eigenvalue weighted by Gasteiger charge is 2.58. The number of methoxy groups -OCH3 is 2. The summed E-state index contributed by atoms with van der Waals surface area (Å²) in [4.78, 5) is 26.2. The largest absolute Gasteiger partial charge is 0.469 e. The molecule has 114 valence electrons. The first kappa shape index (κ1) is 15.1. The molecule has 5 heteroatoms. The van der Waals surface area contributed by atoms with Gasteiger partial charge in [0.25, 0.3) is 0 Å². The highest BCUT2D eigenvalue weighted by Crippen LogP contribution is 2.50. The summed E-state index contributed by atoms with van der Waals surface area (Å²) in [5, 5.41) is 0. The molecule has 2 heterocycles. The van der Waals surface area contributed by atoms with Crippen LogP contribution in [0.25, 0.3) is 0 Å². The molecule has 3 unspecified atom stereocenters. The second kappa shape index (κ2) is 6.02. The predicted octanol–water partition coefficient (Wildman–Crippen LogP) is 2.73. The summed E-state index contributed by atoms with van der Waals surface area (Å²) >= 11 is 0. The fourth-order valence-corrected chi connectivity index (χ4v) is 4.08. The summed E-state index contributed by atoms with van der Waals surface area (Å²) in [7, 11) is 2.84. The Bertz CT molecular complexity index is 384. The Labute approximate surface area is 120 Å². The quantitative estimate of drug-likeness (QED) is 0.744. The third-order valence-electron chi connectivity index (χ3n) is 5.01. The molecule has 0 N–H and O–H groups in total. The van der Waals surface area contributed by atoms with Crippen molar-refractivity contribution in [3.63, 3.8) is 0 Å². The number of fused-ring (bicyclic) bond motifs is 2. The maximum atomic E-state index is 12.2. The number of piperidine rings is 1. The van der Waals surface area contributed by atoms with Crippen LogP contribution < -0.4 is 0 Å². The van der Waals surface area contributed by atoms with E-state index in [-0.39, 0.29) is 29.6 Å². The van der Waals surface area contributed by atoms with Crippen molar-refractivity contribution in [2.45, 2.75) is 63.5 Å². The van der Waals surface area contributed by atoms with Crippen molar-refractivity contribution in [2.24, 2.45) is 5.92 Å². The van der Waals surface area contributed by atoms with E-state index >= 15 is 0 Å². The first-order valence-electron chi connectivity index (χ1n) is 7.55. The molecule has 0 aromatic carbocycles. The fraction of sp³-hybridized carbons (Fsp3) is 0.867. The van der Waals surface area contributed by atoms with Crippen molar-refractivity contribution in [2.75, 3.05) is 14.2 Å². The van der Waals surface area contributed by atoms with Gasteiger partial charge in [0, 0.05) is 6.04 Å². The molecule has 20 heavy (non-hydrogen) atoms. The minimum atomic E-state index is -0.390. The summed E-state index contributed by atoms with van der Waals surface area (Å²) in [6, 6.07) is 0.222. The monoisotopic (exact) mass is 283 g/mol. The molecule has 2 aliphatic rings. The molecule has 5 nitrogen and oxygen atoms in total. The molecule has 0 radical (unpaired) electrons. The zero-order valence-corrected chi connectivity index (χ0v) is 12.7. The molecule has 0 aromatic heterocycles. The molecule has 0 aromatic rings. The van der Waals surface area contributed by atoms with E-state index < -0.39 is 0 Å². The molecule has 2 aliphatic heterocycles. The van der Waals surface area contributed by atoms with Gasteiger partial charge in [-0.3, -0.25) is 9.69 Å². The molecule has 0 saturated carbocycles. The van der Waals surface area contributed by atoms with Crippen molar-refractivity contribution in [1.82, 2.24) is 4.90 Å². The molecule has 2 bridgehead atoms. The van der Waals surface area contributed by atoms with E-state index in [1.807, 2.05) is 4.90 Å². The molecular weight excluding hydrogens is 258 g/mol. The Kier molecular flexibility index (Phi) is 4.55. The minimum Gasteiger partial charge on any atom is -0.469 e. The summed E-state index contributed by atoms with van der Waals surface area (Å²) < 4.78 is 9.96. The minimum absolute atomic E-state index is 0.185. The van der Waals surface area contributed by atoms with Crippen molar-refractivity contribution in [3.05, 3.63) is 0 Å². The van der Waals surface area contributed by atoms with Crippen LogP contribution in [0.2, 0.25) is 0 Å². The number of rotatable bonds is 4. The van der Waals surface area contributed by atoms with Gasteiger partial charge in [0.1, 0.15) is 0 Å². The van der Waals surface area contributed by atoms with Crippen LogP contribution in [0.3, 0.4) is 0 Å². The lowest BCUT2D eigenvalue weighted by atomic mass is 9.74. The van der Waals surface area contributed by atoms with Gasteiger partial charge in [0.05, 0.1) is 25.7 Å². The average molecular weight is 283 g/mol.